The third-order valence-corrected chi connectivity index (χ3v) is 10.3. The number of ether oxygens (including phenoxy) is 1. The van der Waals surface area contributed by atoms with Gasteiger partial charge in [0.15, 0.2) is 5.82 Å². The van der Waals surface area contributed by atoms with E-state index < -0.39 is 5.41 Å². The minimum absolute atomic E-state index is 0.139. The van der Waals surface area contributed by atoms with Gasteiger partial charge in [0, 0.05) is 63.1 Å². The van der Waals surface area contributed by atoms with E-state index in [4.69, 9.17) is 9.73 Å². The molecule has 0 saturated carbocycles. The molecule has 6 heterocycles. The molecule has 5 aliphatic heterocycles. The molecule has 46 heavy (non-hydrogen) atoms. The smallest absolute Gasteiger partial charge is 0.237 e. The van der Waals surface area contributed by atoms with E-state index in [0.29, 0.717) is 39.3 Å². The zero-order chi connectivity index (χ0) is 31.3. The van der Waals surface area contributed by atoms with Crippen LogP contribution in [0.3, 0.4) is 0 Å². The summed E-state index contributed by atoms with van der Waals surface area (Å²) in [7, 11) is 1.86. The van der Waals surface area contributed by atoms with E-state index in [2.05, 4.69) is 68.4 Å². The molecule has 0 unspecified atom stereocenters. The van der Waals surface area contributed by atoms with Crippen LogP contribution in [0.25, 0.3) is 17.0 Å². The average molecular weight is 621 g/mol. The number of anilines is 1. The molecule has 0 N–H and O–H groups in total. The molecule has 2 aromatic carbocycles. The maximum atomic E-state index is 14.0. The largest absolute Gasteiger partial charge is 0.378 e. The van der Waals surface area contributed by atoms with Crippen molar-refractivity contribution in [2.24, 2.45) is 17.5 Å². The van der Waals surface area contributed by atoms with Crippen molar-refractivity contribution in [1.29, 1.82) is 0 Å². The minimum atomic E-state index is -0.410. The van der Waals surface area contributed by atoms with Gasteiger partial charge >= 0.3 is 0 Å². The minimum Gasteiger partial charge on any atom is -0.378 e. The normalized spacial score (nSPS) is 23.3. The fourth-order valence-corrected chi connectivity index (χ4v) is 7.66. The number of carbonyl (C=O) groups is 2. The van der Waals surface area contributed by atoms with Crippen molar-refractivity contribution in [3.05, 3.63) is 71.6 Å². The number of morpholine rings is 1. The molecule has 5 aliphatic rings. The first-order valence-electron chi connectivity index (χ1n) is 16.4. The highest BCUT2D eigenvalue weighted by Crippen LogP contribution is 2.43. The van der Waals surface area contributed by atoms with Gasteiger partial charge in [-0.15, -0.1) is 0 Å². The number of aliphatic imine (C=N–C) groups is 1. The molecule has 1 aromatic heterocycles. The Morgan fingerprint density at radius 1 is 0.978 bits per heavy atom. The van der Waals surface area contributed by atoms with E-state index in [1.807, 2.05) is 16.8 Å². The lowest BCUT2D eigenvalue weighted by Crippen LogP contribution is -2.43. The van der Waals surface area contributed by atoms with Crippen LogP contribution in [0.15, 0.2) is 59.9 Å². The number of fused-ring (bicyclic) bond motifs is 1. The number of benzene rings is 2. The molecule has 0 aliphatic carbocycles. The quantitative estimate of drug-likeness (QED) is 0.433. The third kappa shape index (κ3) is 5.31. The molecule has 238 valence electrons. The predicted octanol–water partition coefficient (Wildman–Crippen LogP) is 2.82. The van der Waals surface area contributed by atoms with E-state index in [0.717, 1.165) is 80.6 Å². The highest BCUT2D eigenvalue weighted by Gasteiger charge is 2.51. The summed E-state index contributed by atoms with van der Waals surface area (Å²) in [5, 5.41) is 4.38. The van der Waals surface area contributed by atoms with E-state index in [9.17, 15) is 9.59 Å². The van der Waals surface area contributed by atoms with Crippen molar-refractivity contribution in [2.75, 3.05) is 70.5 Å². The highest BCUT2D eigenvalue weighted by atomic mass is 16.5. The first-order valence-corrected chi connectivity index (χ1v) is 16.4. The third-order valence-electron chi connectivity index (χ3n) is 10.3. The number of carbonyl (C=O) groups excluding carboxylic acids is 2. The Kier molecular flexibility index (Phi) is 7.45. The van der Waals surface area contributed by atoms with Gasteiger partial charge in [0.25, 0.3) is 0 Å². The Balaban J connectivity index is 0.872. The first-order chi connectivity index (χ1) is 22.5. The predicted molar refractivity (Wildman–Crippen MR) is 175 cm³/mol. The molecule has 1 spiro atoms. The van der Waals surface area contributed by atoms with Crippen LogP contribution in [0.5, 0.6) is 0 Å². The van der Waals surface area contributed by atoms with Crippen LogP contribution in [0.1, 0.15) is 36.0 Å². The Morgan fingerprint density at radius 3 is 2.54 bits per heavy atom. The number of amidine groups is 1. The van der Waals surface area contributed by atoms with Gasteiger partial charge in [0.1, 0.15) is 12.2 Å². The van der Waals surface area contributed by atoms with Crippen LogP contribution in [0, 0.1) is 5.41 Å². The van der Waals surface area contributed by atoms with Crippen molar-refractivity contribution in [1.82, 2.24) is 29.5 Å². The highest BCUT2D eigenvalue weighted by molar-refractivity contribution is 6.05. The standard InChI is InChI=1S/C35H40N8O3/c1-39-24-37-32(38-39)27-4-2-25(3-5-27)26-8-12-41(13-9-26)31(44)22-40-14-10-35(23-40)11-15-43(34(35)45)29-7-6-28-21-36-33(30(28)20-29)42-16-18-46-19-17-42/h2-8,20,24H,9-19,21-23H2,1H3/t35-/m0/s1. The van der Waals surface area contributed by atoms with E-state index in [1.165, 1.54) is 16.7 Å². The SMILES string of the molecule is Cn1cnc(-c2ccc(C3=CCN(C(=O)CN4CC[C@]5(CCN(c6ccc7c(c6)C(N6CCOCC6)=NC7)C5=O)C4)CC3)cc2)n1. The molecular formula is C35H40N8O3. The molecule has 0 bridgehead atoms. The second-order valence-electron chi connectivity index (χ2n) is 13.2. The number of rotatable bonds is 5. The van der Waals surface area contributed by atoms with Crippen molar-refractivity contribution < 1.29 is 14.3 Å². The summed E-state index contributed by atoms with van der Waals surface area (Å²) in [6.07, 6.45) is 6.32. The lowest BCUT2D eigenvalue weighted by atomic mass is 9.85. The van der Waals surface area contributed by atoms with Crippen LogP contribution in [-0.2, 0) is 27.9 Å². The van der Waals surface area contributed by atoms with Gasteiger partial charge in [0.05, 0.1) is 31.7 Å². The summed E-state index contributed by atoms with van der Waals surface area (Å²) < 4.78 is 7.24. The van der Waals surface area contributed by atoms with E-state index >= 15 is 0 Å². The van der Waals surface area contributed by atoms with E-state index in [1.54, 1.807) is 11.0 Å². The fraction of sp³-hybridized carbons (Fsp3) is 0.457. The first kappa shape index (κ1) is 29.1. The van der Waals surface area contributed by atoms with Gasteiger partial charge in [-0.1, -0.05) is 36.4 Å². The molecule has 8 rings (SSSR count). The summed E-state index contributed by atoms with van der Waals surface area (Å²) in [5.74, 6) is 2.08. The summed E-state index contributed by atoms with van der Waals surface area (Å²) in [4.78, 5) is 44.9. The fourth-order valence-electron chi connectivity index (χ4n) is 7.66. The maximum Gasteiger partial charge on any atom is 0.237 e. The zero-order valence-corrected chi connectivity index (χ0v) is 26.4. The van der Waals surface area contributed by atoms with Crippen LogP contribution in [-0.4, -0.2) is 113 Å². The Bertz CT molecular complexity index is 1720. The van der Waals surface area contributed by atoms with Gasteiger partial charge in [-0.2, -0.15) is 5.10 Å². The Morgan fingerprint density at radius 2 is 1.78 bits per heavy atom. The topological polar surface area (TPSA) is 99.4 Å². The van der Waals surface area contributed by atoms with E-state index in [-0.39, 0.29) is 11.8 Å². The lowest BCUT2D eigenvalue weighted by Gasteiger charge is -2.29. The van der Waals surface area contributed by atoms with Gasteiger partial charge < -0.3 is 19.4 Å². The van der Waals surface area contributed by atoms with Gasteiger partial charge in [-0.05, 0) is 54.6 Å². The average Bonchev–Trinajstić information content (AvgIpc) is 3.89. The monoisotopic (exact) mass is 620 g/mol. The number of likely N-dealkylation sites (tertiary alicyclic amines) is 1. The molecule has 2 amide bonds. The van der Waals surface area contributed by atoms with Crippen molar-refractivity contribution in [3.63, 3.8) is 0 Å². The molecule has 3 fully saturated rings. The number of aryl methyl sites for hydroxylation is 1. The van der Waals surface area contributed by atoms with Crippen molar-refractivity contribution in [3.8, 4) is 11.4 Å². The second-order valence-corrected chi connectivity index (χ2v) is 13.2. The molecule has 3 aromatic rings. The summed E-state index contributed by atoms with van der Waals surface area (Å²) in [6.45, 7) is 7.62. The van der Waals surface area contributed by atoms with Gasteiger partial charge in [0.2, 0.25) is 11.8 Å². The molecule has 3 saturated heterocycles. The van der Waals surface area contributed by atoms with Crippen molar-refractivity contribution in [2.45, 2.75) is 25.8 Å². The zero-order valence-electron chi connectivity index (χ0n) is 26.4. The number of hydrogen-bond acceptors (Lipinski definition) is 8. The van der Waals surface area contributed by atoms with Gasteiger partial charge in [-0.25, -0.2) is 4.98 Å². The van der Waals surface area contributed by atoms with Crippen molar-refractivity contribution >= 4 is 28.9 Å². The molecule has 11 heteroatoms. The van der Waals surface area contributed by atoms with Crippen LogP contribution < -0.4 is 4.90 Å². The number of hydrogen-bond donors (Lipinski definition) is 0. The lowest BCUT2D eigenvalue weighted by molar-refractivity contribution is -0.132. The number of nitrogens with zero attached hydrogens (tertiary/aromatic N) is 8. The Hall–Kier alpha value is -4.35. The molecule has 11 nitrogen and oxygen atoms in total. The second kappa shape index (κ2) is 11.8. The molecular weight excluding hydrogens is 580 g/mol. The van der Waals surface area contributed by atoms with Crippen LogP contribution in [0.2, 0.25) is 0 Å². The summed E-state index contributed by atoms with van der Waals surface area (Å²) in [6, 6.07) is 14.7. The molecule has 1 atom stereocenters. The van der Waals surface area contributed by atoms with Crippen LogP contribution >= 0.6 is 0 Å². The van der Waals surface area contributed by atoms with Gasteiger partial charge in [-0.3, -0.25) is 24.2 Å². The number of amides is 2. The summed E-state index contributed by atoms with van der Waals surface area (Å²) in [5.41, 5.74) is 6.33. The summed E-state index contributed by atoms with van der Waals surface area (Å²) >= 11 is 0. The Labute approximate surface area is 269 Å². The number of aromatic nitrogens is 3. The maximum absolute atomic E-state index is 14.0. The van der Waals surface area contributed by atoms with Crippen LogP contribution in [0.4, 0.5) is 5.69 Å². The molecule has 0 radical (unpaired) electrons.